The van der Waals surface area contributed by atoms with Gasteiger partial charge in [-0.3, -0.25) is 9.59 Å². The number of benzene rings is 1. The predicted octanol–water partition coefficient (Wildman–Crippen LogP) is 3.83. The lowest BCUT2D eigenvalue weighted by atomic mass is 9.96. The zero-order chi connectivity index (χ0) is 17.5. The molecule has 0 unspecified atom stereocenters. The largest absolute Gasteiger partial charge is 0.465 e. The molecular formula is C20H29NO3. The number of ether oxygens (including phenoxy) is 1. The average molecular weight is 331 g/mol. The molecule has 1 amide bonds. The molecule has 0 radical (unpaired) electrons. The molecule has 0 bridgehead atoms. The molecule has 1 aromatic carbocycles. The van der Waals surface area contributed by atoms with Crippen LogP contribution in [0.5, 0.6) is 0 Å². The zero-order valence-electron chi connectivity index (χ0n) is 15.1. The average Bonchev–Trinajstić information content (AvgIpc) is 2.58. The lowest BCUT2D eigenvalue weighted by Gasteiger charge is -2.31. The highest BCUT2D eigenvalue weighted by Gasteiger charge is 2.28. The van der Waals surface area contributed by atoms with E-state index in [1.807, 2.05) is 36.1 Å². The summed E-state index contributed by atoms with van der Waals surface area (Å²) in [6.07, 6.45) is 3.39. The summed E-state index contributed by atoms with van der Waals surface area (Å²) in [4.78, 5) is 26.5. The fraction of sp³-hybridized carbons (Fsp3) is 0.600. The summed E-state index contributed by atoms with van der Waals surface area (Å²) < 4.78 is 5.39. The molecule has 4 nitrogen and oxygen atoms in total. The first-order valence-electron chi connectivity index (χ1n) is 9.00. The number of carbonyl (C=O) groups is 2. The van der Waals surface area contributed by atoms with Crippen molar-refractivity contribution in [3.63, 3.8) is 0 Å². The lowest BCUT2D eigenvalue weighted by Crippen LogP contribution is -2.40. The van der Waals surface area contributed by atoms with Crippen molar-refractivity contribution in [1.82, 2.24) is 4.90 Å². The normalized spacial score (nSPS) is 15.6. The van der Waals surface area contributed by atoms with Gasteiger partial charge in [-0.2, -0.15) is 0 Å². The Morgan fingerprint density at radius 2 is 1.96 bits per heavy atom. The van der Waals surface area contributed by atoms with Crippen LogP contribution in [-0.4, -0.2) is 36.5 Å². The summed E-state index contributed by atoms with van der Waals surface area (Å²) >= 11 is 0. The minimum Gasteiger partial charge on any atom is -0.465 e. The van der Waals surface area contributed by atoms with Crippen molar-refractivity contribution in [3.8, 4) is 0 Å². The molecule has 2 rings (SSSR count). The van der Waals surface area contributed by atoms with Crippen molar-refractivity contribution >= 4 is 11.9 Å². The molecule has 1 fully saturated rings. The van der Waals surface area contributed by atoms with Crippen molar-refractivity contribution < 1.29 is 14.3 Å². The maximum Gasteiger partial charge on any atom is 0.309 e. The van der Waals surface area contributed by atoms with Crippen LogP contribution in [0.3, 0.4) is 0 Å². The van der Waals surface area contributed by atoms with Crippen LogP contribution in [0.4, 0.5) is 0 Å². The van der Waals surface area contributed by atoms with Gasteiger partial charge in [-0.15, -0.1) is 0 Å². The third-order valence-corrected chi connectivity index (χ3v) is 4.55. The van der Waals surface area contributed by atoms with Crippen molar-refractivity contribution in [3.05, 3.63) is 35.4 Å². The van der Waals surface area contributed by atoms with Gasteiger partial charge in [-0.25, -0.2) is 0 Å². The van der Waals surface area contributed by atoms with Gasteiger partial charge in [0.1, 0.15) is 0 Å². The van der Waals surface area contributed by atoms with Crippen LogP contribution in [-0.2, 0) is 9.53 Å². The Labute approximate surface area is 145 Å². The Hall–Kier alpha value is -1.84. The van der Waals surface area contributed by atoms with Gasteiger partial charge >= 0.3 is 5.97 Å². The Bertz CT molecular complexity index is 560. The molecule has 132 valence electrons. The zero-order valence-corrected chi connectivity index (χ0v) is 15.1. The van der Waals surface area contributed by atoms with E-state index < -0.39 is 0 Å². The van der Waals surface area contributed by atoms with Gasteiger partial charge in [0.15, 0.2) is 0 Å². The molecule has 1 aliphatic rings. The van der Waals surface area contributed by atoms with Crippen molar-refractivity contribution in [2.45, 2.75) is 46.5 Å². The van der Waals surface area contributed by atoms with Crippen LogP contribution in [0.2, 0.25) is 0 Å². The van der Waals surface area contributed by atoms with E-state index in [-0.39, 0.29) is 17.8 Å². The Morgan fingerprint density at radius 1 is 1.25 bits per heavy atom. The molecule has 0 atom stereocenters. The van der Waals surface area contributed by atoms with Gasteiger partial charge in [0, 0.05) is 18.7 Å². The van der Waals surface area contributed by atoms with Crippen LogP contribution >= 0.6 is 0 Å². The van der Waals surface area contributed by atoms with Crippen LogP contribution in [0.15, 0.2) is 24.3 Å². The molecule has 1 heterocycles. The molecule has 0 aliphatic carbocycles. The third kappa shape index (κ3) is 5.36. The number of carbonyl (C=O) groups excluding carboxylic acids is 2. The number of piperidine rings is 1. The van der Waals surface area contributed by atoms with E-state index in [1.54, 1.807) is 0 Å². The Balaban J connectivity index is 1.76. The second-order valence-electron chi connectivity index (χ2n) is 7.14. The van der Waals surface area contributed by atoms with Crippen molar-refractivity contribution in [2.75, 3.05) is 19.7 Å². The molecule has 0 saturated carbocycles. The minimum absolute atomic E-state index is 0.0578. The highest BCUT2D eigenvalue weighted by Crippen LogP contribution is 2.21. The quantitative estimate of drug-likeness (QED) is 0.588. The summed E-state index contributed by atoms with van der Waals surface area (Å²) in [6, 6.07) is 7.66. The number of aryl methyl sites for hydroxylation is 1. The monoisotopic (exact) mass is 331 g/mol. The van der Waals surface area contributed by atoms with E-state index in [0.717, 1.165) is 24.0 Å². The second kappa shape index (κ2) is 8.86. The Kier molecular flexibility index (Phi) is 6.83. The number of hydrogen-bond donors (Lipinski definition) is 0. The first-order chi connectivity index (χ1) is 11.5. The van der Waals surface area contributed by atoms with Crippen LogP contribution < -0.4 is 0 Å². The van der Waals surface area contributed by atoms with E-state index in [0.29, 0.717) is 38.5 Å². The van der Waals surface area contributed by atoms with E-state index in [4.69, 9.17) is 4.74 Å². The Morgan fingerprint density at radius 3 is 2.58 bits per heavy atom. The van der Waals surface area contributed by atoms with Gasteiger partial charge in [-0.05, 0) is 50.7 Å². The third-order valence-electron chi connectivity index (χ3n) is 4.55. The fourth-order valence-corrected chi connectivity index (χ4v) is 3.06. The summed E-state index contributed by atoms with van der Waals surface area (Å²) in [5.41, 5.74) is 1.81. The van der Waals surface area contributed by atoms with Gasteiger partial charge in [-0.1, -0.05) is 31.5 Å². The molecule has 1 aromatic rings. The summed E-state index contributed by atoms with van der Waals surface area (Å²) in [6.45, 7) is 8.08. The topological polar surface area (TPSA) is 46.6 Å². The molecule has 0 N–H and O–H groups in total. The van der Waals surface area contributed by atoms with Gasteiger partial charge in [0.2, 0.25) is 0 Å². The van der Waals surface area contributed by atoms with Crippen LogP contribution in [0.1, 0.15) is 55.5 Å². The van der Waals surface area contributed by atoms with Crippen molar-refractivity contribution in [1.29, 1.82) is 0 Å². The molecule has 0 spiro atoms. The van der Waals surface area contributed by atoms with Gasteiger partial charge < -0.3 is 9.64 Å². The molecule has 4 heteroatoms. The van der Waals surface area contributed by atoms with Crippen LogP contribution in [0.25, 0.3) is 0 Å². The first-order valence-corrected chi connectivity index (χ1v) is 9.00. The summed E-state index contributed by atoms with van der Waals surface area (Å²) in [5.74, 6) is 0.536. The lowest BCUT2D eigenvalue weighted by molar-refractivity contribution is -0.150. The molecular weight excluding hydrogens is 302 g/mol. The molecule has 1 saturated heterocycles. The van der Waals surface area contributed by atoms with E-state index >= 15 is 0 Å². The summed E-state index contributed by atoms with van der Waals surface area (Å²) in [5, 5.41) is 0. The highest BCUT2D eigenvalue weighted by molar-refractivity contribution is 5.94. The number of nitrogens with zero attached hydrogens (tertiary/aromatic N) is 1. The van der Waals surface area contributed by atoms with Crippen LogP contribution in [0, 0.1) is 18.8 Å². The molecule has 0 aromatic heterocycles. The predicted molar refractivity (Wildman–Crippen MR) is 94.8 cm³/mol. The number of amides is 1. The van der Waals surface area contributed by atoms with E-state index in [1.165, 1.54) is 0 Å². The van der Waals surface area contributed by atoms with Gasteiger partial charge in [0.25, 0.3) is 5.91 Å². The fourth-order valence-electron chi connectivity index (χ4n) is 3.06. The van der Waals surface area contributed by atoms with Gasteiger partial charge in [0.05, 0.1) is 12.5 Å². The number of hydrogen-bond acceptors (Lipinski definition) is 3. The number of esters is 1. The number of likely N-dealkylation sites (tertiary alicyclic amines) is 1. The summed E-state index contributed by atoms with van der Waals surface area (Å²) in [7, 11) is 0. The highest BCUT2D eigenvalue weighted by atomic mass is 16.5. The molecule has 24 heavy (non-hydrogen) atoms. The minimum atomic E-state index is -0.0959. The second-order valence-corrected chi connectivity index (χ2v) is 7.14. The van der Waals surface area contributed by atoms with E-state index in [9.17, 15) is 9.59 Å². The van der Waals surface area contributed by atoms with E-state index in [2.05, 4.69) is 13.8 Å². The smallest absolute Gasteiger partial charge is 0.309 e. The maximum absolute atomic E-state index is 12.5. The molecule has 1 aliphatic heterocycles. The standard InChI is InChI=1S/C20H29NO3/c1-15(2)6-5-13-24-20(23)17-9-11-21(12-10-17)19(22)18-8-4-7-16(3)14-18/h4,7-8,14-15,17H,5-6,9-13H2,1-3H3. The number of rotatable bonds is 6. The first kappa shape index (κ1) is 18.5. The maximum atomic E-state index is 12.5. The SMILES string of the molecule is Cc1cccc(C(=O)N2CCC(C(=O)OCCCC(C)C)CC2)c1. The van der Waals surface area contributed by atoms with Crippen molar-refractivity contribution in [2.24, 2.45) is 11.8 Å².